The Morgan fingerprint density at radius 3 is 2.60 bits per heavy atom. The van der Waals surface area contributed by atoms with Gasteiger partial charge in [-0.25, -0.2) is 13.4 Å². The zero-order chi connectivity index (χ0) is 14.9. The van der Waals surface area contributed by atoms with Crippen LogP contribution in [-0.2, 0) is 16.6 Å². The molecular weight excluding hydrogens is 316 g/mol. The van der Waals surface area contributed by atoms with E-state index in [2.05, 4.69) is 4.98 Å². The first-order valence-corrected chi connectivity index (χ1v) is 8.64. The highest BCUT2D eigenvalue weighted by Crippen LogP contribution is 2.23. The summed E-state index contributed by atoms with van der Waals surface area (Å²) in [6.45, 7) is 3.97. The largest absolute Gasteiger partial charge is 0.245 e. The fourth-order valence-electron chi connectivity index (χ4n) is 1.71. The van der Waals surface area contributed by atoms with Gasteiger partial charge in [0.25, 0.3) is 0 Å². The number of hydrogen-bond donors (Lipinski definition) is 0. The van der Waals surface area contributed by atoms with Crippen LogP contribution in [0.15, 0.2) is 28.5 Å². The Morgan fingerprint density at radius 1 is 1.35 bits per heavy atom. The van der Waals surface area contributed by atoms with E-state index in [1.54, 1.807) is 12.1 Å². The summed E-state index contributed by atoms with van der Waals surface area (Å²) in [5.74, 6) is 0. The molecule has 0 spiro atoms. The van der Waals surface area contributed by atoms with Crippen molar-refractivity contribution in [3.8, 4) is 0 Å². The van der Waals surface area contributed by atoms with E-state index in [4.69, 9.17) is 11.6 Å². The highest BCUT2D eigenvalue weighted by Gasteiger charge is 2.22. The molecule has 0 N–H and O–H groups in total. The lowest BCUT2D eigenvalue weighted by Crippen LogP contribution is -2.26. The van der Waals surface area contributed by atoms with Crippen LogP contribution < -0.4 is 0 Å². The Labute approximate surface area is 128 Å². The van der Waals surface area contributed by atoms with Gasteiger partial charge in [0.15, 0.2) is 0 Å². The second kappa shape index (κ2) is 5.81. The normalized spacial score (nSPS) is 12.1. The predicted octanol–water partition coefficient (Wildman–Crippen LogP) is 3.23. The average Bonchev–Trinajstić information content (AvgIpc) is 2.78. The number of hydrogen-bond acceptors (Lipinski definition) is 4. The van der Waals surface area contributed by atoms with Crippen molar-refractivity contribution in [1.29, 1.82) is 0 Å². The third-order valence-electron chi connectivity index (χ3n) is 2.90. The van der Waals surface area contributed by atoms with Crippen LogP contribution in [0.4, 0.5) is 0 Å². The fraction of sp³-hybridized carbons (Fsp3) is 0.308. The van der Waals surface area contributed by atoms with Gasteiger partial charge in [0.1, 0.15) is 0 Å². The third kappa shape index (κ3) is 3.20. The monoisotopic (exact) mass is 330 g/mol. The molecule has 0 amide bonds. The number of halogens is 1. The van der Waals surface area contributed by atoms with E-state index in [9.17, 15) is 8.42 Å². The minimum absolute atomic E-state index is 0.197. The quantitative estimate of drug-likeness (QED) is 0.864. The van der Waals surface area contributed by atoms with Crippen LogP contribution in [-0.4, -0.2) is 24.8 Å². The number of benzene rings is 1. The molecule has 0 aliphatic heterocycles. The van der Waals surface area contributed by atoms with Gasteiger partial charge in [-0.05, 0) is 31.5 Å². The molecule has 1 heterocycles. The Kier molecular flexibility index (Phi) is 4.49. The Morgan fingerprint density at radius 2 is 2.05 bits per heavy atom. The number of sulfonamides is 1. The molecular formula is C13H15ClN2O2S2. The average molecular weight is 331 g/mol. The molecule has 0 unspecified atom stereocenters. The van der Waals surface area contributed by atoms with E-state index in [0.717, 1.165) is 16.3 Å². The standard InChI is InChI=1S/C13H15ClN2O2S2/c1-9-4-5-12(6-13(9)14)20(17,18)16(3)7-11-8-19-10(2)15-11/h4-6,8H,7H2,1-3H3. The van der Waals surface area contributed by atoms with Gasteiger partial charge < -0.3 is 0 Å². The molecule has 0 radical (unpaired) electrons. The highest BCUT2D eigenvalue weighted by molar-refractivity contribution is 7.89. The third-order valence-corrected chi connectivity index (χ3v) is 5.93. The lowest BCUT2D eigenvalue weighted by Gasteiger charge is -2.16. The van der Waals surface area contributed by atoms with Gasteiger partial charge in [-0.1, -0.05) is 17.7 Å². The van der Waals surface area contributed by atoms with Gasteiger partial charge in [0.05, 0.1) is 22.1 Å². The topological polar surface area (TPSA) is 50.3 Å². The van der Waals surface area contributed by atoms with Gasteiger partial charge in [0.2, 0.25) is 10.0 Å². The number of thiazole rings is 1. The molecule has 0 saturated carbocycles. The molecule has 2 rings (SSSR count). The van der Waals surface area contributed by atoms with Crippen LogP contribution in [0, 0.1) is 13.8 Å². The first-order valence-electron chi connectivity index (χ1n) is 5.94. The van der Waals surface area contributed by atoms with Gasteiger partial charge in [-0.2, -0.15) is 4.31 Å². The minimum Gasteiger partial charge on any atom is -0.245 e. The zero-order valence-electron chi connectivity index (χ0n) is 11.4. The van der Waals surface area contributed by atoms with Crippen molar-refractivity contribution in [2.75, 3.05) is 7.05 Å². The Hall–Kier alpha value is -0.950. The summed E-state index contributed by atoms with van der Waals surface area (Å²) in [6, 6.07) is 4.75. The number of rotatable bonds is 4. The molecule has 0 saturated heterocycles. The van der Waals surface area contributed by atoms with E-state index in [0.29, 0.717) is 5.02 Å². The van der Waals surface area contributed by atoms with Gasteiger partial charge in [-0.15, -0.1) is 11.3 Å². The van der Waals surface area contributed by atoms with Gasteiger partial charge in [-0.3, -0.25) is 0 Å². The molecule has 108 valence electrons. The van der Waals surface area contributed by atoms with Gasteiger partial charge >= 0.3 is 0 Å². The zero-order valence-corrected chi connectivity index (χ0v) is 13.8. The molecule has 7 heteroatoms. The summed E-state index contributed by atoms with van der Waals surface area (Å²) >= 11 is 7.50. The van der Waals surface area contributed by atoms with Crippen molar-refractivity contribution in [3.63, 3.8) is 0 Å². The second-order valence-corrected chi connectivity index (χ2v) is 8.04. The number of nitrogens with zero attached hydrogens (tertiary/aromatic N) is 2. The predicted molar refractivity (Wildman–Crippen MR) is 81.7 cm³/mol. The summed E-state index contributed by atoms with van der Waals surface area (Å²) in [5, 5.41) is 3.23. The Bertz CT molecular complexity index is 726. The van der Waals surface area contributed by atoms with Crippen LogP contribution in [0.2, 0.25) is 5.02 Å². The lowest BCUT2D eigenvalue weighted by molar-refractivity contribution is 0.463. The van der Waals surface area contributed by atoms with Crippen molar-refractivity contribution >= 4 is 33.0 Å². The van der Waals surface area contributed by atoms with Gasteiger partial charge in [0, 0.05) is 17.5 Å². The summed E-state index contributed by atoms with van der Waals surface area (Å²) < 4.78 is 26.2. The highest BCUT2D eigenvalue weighted by atomic mass is 35.5. The smallest absolute Gasteiger partial charge is 0.243 e. The second-order valence-electron chi connectivity index (χ2n) is 4.53. The van der Waals surface area contributed by atoms with Crippen molar-refractivity contribution in [2.24, 2.45) is 0 Å². The van der Waals surface area contributed by atoms with Crippen molar-refractivity contribution in [1.82, 2.24) is 9.29 Å². The van der Waals surface area contributed by atoms with E-state index in [1.807, 2.05) is 19.2 Å². The van der Waals surface area contributed by atoms with Crippen molar-refractivity contribution in [3.05, 3.63) is 44.9 Å². The molecule has 0 aliphatic rings. The van der Waals surface area contributed by atoms with E-state index >= 15 is 0 Å². The van der Waals surface area contributed by atoms with Crippen LogP contribution in [0.3, 0.4) is 0 Å². The maximum Gasteiger partial charge on any atom is 0.243 e. The molecule has 2 aromatic rings. The van der Waals surface area contributed by atoms with E-state index in [1.165, 1.54) is 28.8 Å². The summed E-state index contributed by atoms with van der Waals surface area (Å²) in [7, 11) is -2.01. The fourth-order valence-corrected chi connectivity index (χ4v) is 3.73. The maximum atomic E-state index is 12.4. The molecule has 4 nitrogen and oxygen atoms in total. The summed E-state index contributed by atoms with van der Waals surface area (Å²) in [6.07, 6.45) is 0. The number of aryl methyl sites for hydroxylation is 2. The minimum atomic E-state index is -3.55. The Balaban J connectivity index is 2.27. The van der Waals surface area contributed by atoms with Crippen LogP contribution in [0.5, 0.6) is 0 Å². The SMILES string of the molecule is Cc1nc(CN(C)S(=O)(=O)c2ccc(C)c(Cl)c2)cs1. The lowest BCUT2D eigenvalue weighted by atomic mass is 10.2. The molecule has 0 atom stereocenters. The summed E-state index contributed by atoms with van der Waals surface area (Å²) in [5.41, 5.74) is 1.60. The molecule has 1 aromatic carbocycles. The van der Waals surface area contributed by atoms with Crippen molar-refractivity contribution < 1.29 is 8.42 Å². The van der Waals surface area contributed by atoms with Crippen LogP contribution >= 0.6 is 22.9 Å². The maximum absolute atomic E-state index is 12.4. The molecule has 0 fully saturated rings. The molecule has 0 bridgehead atoms. The first-order chi connectivity index (χ1) is 9.30. The van der Waals surface area contributed by atoms with E-state index < -0.39 is 10.0 Å². The molecule has 0 aliphatic carbocycles. The first kappa shape index (κ1) is 15.4. The van der Waals surface area contributed by atoms with Crippen molar-refractivity contribution in [2.45, 2.75) is 25.3 Å². The van der Waals surface area contributed by atoms with Crippen LogP contribution in [0.1, 0.15) is 16.3 Å². The van der Waals surface area contributed by atoms with E-state index in [-0.39, 0.29) is 11.4 Å². The molecule has 1 aromatic heterocycles. The van der Waals surface area contributed by atoms with Crippen LogP contribution in [0.25, 0.3) is 0 Å². The molecule has 20 heavy (non-hydrogen) atoms. The number of aromatic nitrogens is 1. The summed E-state index contributed by atoms with van der Waals surface area (Å²) in [4.78, 5) is 4.47.